The first-order valence-corrected chi connectivity index (χ1v) is 12.9. The Morgan fingerprint density at radius 1 is 1.05 bits per heavy atom. The van der Waals surface area contributed by atoms with Crippen LogP contribution in [0.4, 0.5) is 24.5 Å². The molecule has 2 aliphatic rings. The number of carbonyl (C=O) groups excluding carboxylic acids is 1. The molecule has 0 radical (unpaired) electrons. The number of nitriles is 1. The Bertz CT molecular complexity index is 1530. The predicted molar refractivity (Wildman–Crippen MR) is 142 cm³/mol. The SMILES string of the molecule is Cc1ccc(C#N)cc1N=C1S/C(=C2\Sc3cc(OC(F)(F)F)ccc3N2C)C(=O)N1Cc1ccccc1. The summed E-state index contributed by atoms with van der Waals surface area (Å²) < 4.78 is 42.3. The molecule has 0 N–H and O–H groups in total. The molecule has 0 aromatic heterocycles. The van der Waals surface area contributed by atoms with E-state index in [-0.39, 0.29) is 18.2 Å². The van der Waals surface area contributed by atoms with Crippen LogP contribution in [0, 0.1) is 18.3 Å². The van der Waals surface area contributed by atoms with Crippen molar-refractivity contribution in [3.63, 3.8) is 0 Å². The van der Waals surface area contributed by atoms with E-state index < -0.39 is 6.36 Å². The summed E-state index contributed by atoms with van der Waals surface area (Å²) in [6.45, 7) is 2.16. The third-order valence-electron chi connectivity index (χ3n) is 5.83. The maximum atomic E-state index is 13.8. The van der Waals surface area contributed by atoms with Gasteiger partial charge in [-0.05, 0) is 60.1 Å². The van der Waals surface area contributed by atoms with Gasteiger partial charge in [-0.15, -0.1) is 13.2 Å². The quantitative estimate of drug-likeness (QED) is 0.327. The standard InChI is InChI=1S/C27H19F3N4O2S2/c1-16-8-9-18(14-31)12-20(16)32-26-34(15-17-6-4-3-5-7-17)24(35)23(38-26)25-33(2)21-11-10-19(13-22(21)37-25)36-27(28,29)30/h3-13H,15H2,1-2H3/b25-23-,32-26?. The first-order valence-electron chi connectivity index (χ1n) is 11.3. The zero-order valence-corrected chi connectivity index (χ0v) is 21.7. The van der Waals surface area contributed by atoms with Gasteiger partial charge in [0.05, 0.1) is 34.6 Å². The van der Waals surface area contributed by atoms with E-state index in [4.69, 9.17) is 4.99 Å². The second-order valence-electron chi connectivity index (χ2n) is 8.46. The fourth-order valence-corrected chi connectivity index (χ4v) is 6.32. The van der Waals surface area contributed by atoms with Gasteiger partial charge >= 0.3 is 6.36 Å². The summed E-state index contributed by atoms with van der Waals surface area (Å²) in [4.78, 5) is 22.8. The highest BCUT2D eigenvalue weighted by atomic mass is 32.2. The Morgan fingerprint density at radius 3 is 2.53 bits per heavy atom. The van der Waals surface area contributed by atoms with Crippen molar-refractivity contribution in [2.24, 2.45) is 4.99 Å². The molecule has 192 valence electrons. The zero-order valence-electron chi connectivity index (χ0n) is 20.1. The van der Waals surface area contributed by atoms with Crippen LogP contribution in [0.5, 0.6) is 5.75 Å². The third kappa shape index (κ3) is 5.23. The number of rotatable bonds is 4. The van der Waals surface area contributed by atoms with E-state index in [1.165, 1.54) is 41.7 Å². The molecule has 2 heterocycles. The first-order chi connectivity index (χ1) is 18.1. The molecular formula is C27H19F3N4O2S2. The molecule has 0 unspecified atom stereocenters. The number of amides is 1. The number of benzene rings is 3. The van der Waals surface area contributed by atoms with Crippen LogP contribution >= 0.6 is 23.5 Å². The van der Waals surface area contributed by atoms with Crippen molar-refractivity contribution in [3.8, 4) is 11.8 Å². The van der Waals surface area contributed by atoms with Gasteiger partial charge in [0.2, 0.25) is 0 Å². The lowest BCUT2D eigenvalue weighted by molar-refractivity contribution is -0.274. The minimum Gasteiger partial charge on any atom is -0.406 e. The van der Waals surface area contributed by atoms with E-state index >= 15 is 0 Å². The van der Waals surface area contributed by atoms with Gasteiger partial charge in [-0.1, -0.05) is 48.2 Å². The largest absolute Gasteiger partial charge is 0.573 e. The monoisotopic (exact) mass is 552 g/mol. The molecule has 6 nitrogen and oxygen atoms in total. The van der Waals surface area contributed by atoms with E-state index in [0.717, 1.165) is 11.1 Å². The summed E-state index contributed by atoms with van der Waals surface area (Å²) in [5.41, 5.74) is 3.46. The molecule has 1 amide bonds. The molecule has 3 aromatic rings. The van der Waals surface area contributed by atoms with Gasteiger partial charge in [-0.25, -0.2) is 4.99 Å². The van der Waals surface area contributed by atoms with Crippen molar-refractivity contribution in [2.45, 2.75) is 24.7 Å². The number of thioether (sulfide) groups is 2. The van der Waals surface area contributed by atoms with Crippen LogP contribution in [0.2, 0.25) is 0 Å². The molecule has 0 saturated carbocycles. The number of hydrogen-bond donors (Lipinski definition) is 0. The second kappa shape index (κ2) is 10.1. The van der Waals surface area contributed by atoms with Gasteiger partial charge in [0.1, 0.15) is 10.7 Å². The summed E-state index contributed by atoms with van der Waals surface area (Å²) in [7, 11) is 1.76. The number of aliphatic imine (C=N–C) groups is 1. The highest BCUT2D eigenvalue weighted by molar-refractivity contribution is 8.19. The van der Waals surface area contributed by atoms with Crippen molar-refractivity contribution in [2.75, 3.05) is 11.9 Å². The highest BCUT2D eigenvalue weighted by Gasteiger charge is 2.40. The van der Waals surface area contributed by atoms with E-state index in [2.05, 4.69) is 10.8 Å². The van der Waals surface area contributed by atoms with Crippen LogP contribution < -0.4 is 9.64 Å². The van der Waals surface area contributed by atoms with Crippen LogP contribution in [0.3, 0.4) is 0 Å². The van der Waals surface area contributed by atoms with Crippen LogP contribution in [-0.2, 0) is 11.3 Å². The summed E-state index contributed by atoms with van der Waals surface area (Å²) in [6, 6.07) is 20.9. The number of fused-ring (bicyclic) bond motifs is 1. The third-order valence-corrected chi connectivity index (χ3v) is 8.25. The Balaban J connectivity index is 1.54. The number of hydrogen-bond acceptors (Lipinski definition) is 7. The van der Waals surface area contributed by atoms with Gasteiger partial charge in [0, 0.05) is 11.9 Å². The van der Waals surface area contributed by atoms with Crippen molar-refractivity contribution in [1.82, 2.24) is 4.90 Å². The highest BCUT2D eigenvalue weighted by Crippen LogP contribution is 2.51. The normalized spacial score (nSPS) is 18.2. The molecule has 1 saturated heterocycles. The lowest BCUT2D eigenvalue weighted by Gasteiger charge is -2.17. The first kappa shape index (κ1) is 25.8. The molecule has 0 bridgehead atoms. The lowest BCUT2D eigenvalue weighted by atomic mass is 10.1. The molecule has 3 aromatic carbocycles. The van der Waals surface area contributed by atoms with E-state index in [1.807, 2.05) is 37.3 Å². The molecule has 38 heavy (non-hydrogen) atoms. The zero-order chi connectivity index (χ0) is 27.0. The smallest absolute Gasteiger partial charge is 0.406 e. The van der Waals surface area contributed by atoms with Gasteiger partial charge in [-0.2, -0.15) is 5.26 Å². The summed E-state index contributed by atoms with van der Waals surface area (Å²) in [5.74, 6) is -0.588. The summed E-state index contributed by atoms with van der Waals surface area (Å²) in [5, 5.41) is 10.4. The molecule has 0 spiro atoms. The van der Waals surface area contributed by atoms with E-state index in [9.17, 15) is 23.2 Å². The summed E-state index contributed by atoms with van der Waals surface area (Å²) >= 11 is 2.40. The number of ether oxygens (including phenoxy) is 1. The molecule has 5 rings (SSSR count). The molecular weight excluding hydrogens is 533 g/mol. The average Bonchev–Trinajstić information content (AvgIpc) is 3.36. The number of amidine groups is 1. The number of aryl methyl sites for hydroxylation is 1. The predicted octanol–water partition coefficient (Wildman–Crippen LogP) is 6.94. The van der Waals surface area contributed by atoms with E-state index in [1.54, 1.807) is 35.0 Å². The number of halogens is 3. The Hall–Kier alpha value is -3.88. The molecule has 2 aliphatic heterocycles. The average molecular weight is 553 g/mol. The fraction of sp³-hybridized carbons (Fsp3) is 0.148. The van der Waals surface area contributed by atoms with Crippen molar-refractivity contribution in [1.29, 1.82) is 5.26 Å². The number of carbonyl (C=O) groups is 1. The maximum absolute atomic E-state index is 13.8. The molecule has 0 atom stereocenters. The number of alkyl halides is 3. The van der Waals surface area contributed by atoms with Crippen molar-refractivity contribution in [3.05, 3.63) is 93.4 Å². The Kier molecular flexibility index (Phi) is 6.86. The van der Waals surface area contributed by atoms with Gasteiger partial charge in [0.25, 0.3) is 5.91 Å². The second-order valence-corrected chi connectivity index (χ2v) is 10.5. The number of anilines is 1. The number of nitrogens with zero attached hydrogens (tertiary/aromatic N) is 4. The molecule has 11 heteroatoms. The Labute approximate surface area is 225 Å². The molecule has 1 fully saturated rings. The van der Waals surface area contributed by atoms with Gasteiger partial charge < -0.3 is 9.64 Å². The maximum Gasteiger partial charge on any atom is 0.573 e. The minimum atomic E-state index is -4.80. The van der Waals surface area contributed by atoms with Crippen molar-refractivity contribution >= 4 is 46.0 Å². The van der Waals surface area contributed by atoms with Crippen LogP contribution in [0.1, 0.15) is 16.7 Å². The van der Waals surface area contributed by atoms with Crippen molar-refractivity contribution < 1.29 is 22.7 Å². The topological polar surface area (TPSA) is 68.9 Å². The van der Waals surface area contributed by atoms with Gasteiger partial charge in [0.15, 0.2) is 5.17 Å². The van der Waals surface area contributed by atoms with Crippen LogP contribution in [-0.4, -0.2) is 29.4 Å². The lowest BCUT2D eigenvalue weighted by Crippen LogP contribution is -2.29. The fourth-order valence-electron chi connectivity index (χ4n) is 3.96. The minimum absolute atomic E-state index is 0.263. The Morgan fingerprint density at radius 2 is 1.82 bits per heavy atom. The van der Waals surface area contributed by atoms with Crippen LogP contribution in [0.15, 0.2) is 86.6 Å². The van der Waals surface area contributed by atoms with E-state index in [0.29, 0.717) is 36.9 Å². The molecule has 0 aliphatic carbocycles. The van der Waals surface area contributed by atoms with Crippen LogP contribution in [0.25, 0.3) is 0 Å². The van der Waals surface area contributed by atoms with Gasteiger partial charge in [-0.3, -0.25) is 9.69 Å². The summed E-state index contributed by atoms with van der Waals surface area (Å²) in [6.07, 6.45) is -4.80.